The van der Waals surface area contributed by atoms with E-state index in [1.807, 2.05) is 0 Å². The Labute approximate surface area is 126 Å². The molecule has 4 nitrogen and oxygen atoms in total. The molecular formula is C16H13ClO4. The summed E-state index contributed by atoms with van der Waals surface area (Å²) in [6.45, 7) is 0. The van der Waals surface area contributed by atoms with Gasteiger partial charge in [-0.05, 0) is 42.0 Å². The lowest BCUT2D eigenvalue weighted by Gasteiger charge is -2.04. The molecule has 0 bridgehead atoms. The second-order valence-corrected chi connectivity index (χ2v) is 4.73. The molecule has 2 rings (SSSR count). The van der Waals surface area contributed by atoms with Gasteiger partial charge in [-0.1, -0.05) is 23.7 Å². The van der Waals surface area contributed by atoms with Gasteiger partial charge in [0.25, 0.3) is 0 Å². The standard InChI is InChI=1S/C16H13ClO4/c1-21-16-8-10(3-7-14(16)19)2-6-13(18)12-5-4-11(17)9-15(12)20/h2-9,19-20H,1H3/b6-2+. The fraction of sp³-hybridized carbons (Fsp3) is 0.0625. The minimum Gasteiger partial charge on any atom is -0.507 e. The van der Waals surface area contributed by atoms with E-state index in [4.69, 9.17) is 16.3 Å². The maximum Gasteiger partial charge on any atom is 0.189 e. The lowest BCUT2D eigenvalue weighted by molar-refractivity contribution is 0.104. The van der Waals surface area contributed by atoms with Crippen LogP contribution in [-0.4, -0.2) is 23.1 Å². The van der Waals surface area contributed by atoms with Crippen molar-refractivity contribution < 1.29 is 19.7 Å². The second-order valence-electron chi connectivity index (χ2n) is 4.29. The quantitative estimate of drug-likeness (QED) is 0.668. The monoisotopic (exact) mass is 304 g/mol. The first kappa shape index (κ1) is 14.9. The average molecular weight is 305 g/mol. The Hall–Kier alpha value is -2.46. The summed E-state index contributed by atoms with van der Waals surface area (Å²) >= 11 is 5.72. The van der Waals surface area contributed by atoms with E-state index in [1.165, 1.54) is 37.5 Å². The number of carbonyl (C=O) groups excluding carboxylic acids is 1. The summed E-state index contributed by atoms with van der Waals surface area (Å²) < 4.78 is 4.99. The molecule has 0 aliphatic heterocycles. The van der Waals surface area contributed by atoms with Gasteiger partial charge in [0, 0.05) is 5.02 Å². The third-order valence-corrected chi connectivity index (χ3v) is 3.09. The topological polar surface area (TPSA) is 66.8 Å². The highest BCUT2D eigenvalue weighted by Crippen LogP contribution is 2.27. The van der Waals surface area contributed by atoms with Crippen LogP contribution in [0.25, 0.3) is 6.08 Å². The number of rotatable bonds is 4. The van der Waals surface area contributed by atoms with Crippen molar-refractivity contribution in [2.75, 3.05) is 7.11 Å². The van der Waals surface area contributed by atoms with Gasteiger partial charge < -0.3 is 14.9 Å². The molecule has 0 amide bonds. The first-order chi connectivity index (χ1) is 10.0. The molecule has 0 saturated heterocycles. The van der Waals surface area contributed by atoms with Crippen molar-refractivity contribution >= 4 is 23.5 Å². The summed E-state index contributed by atoms with van der Waals surface area (Å²) in [4.78, 5) is 12.0. The molecular weight excluding hydrogens is 292 g/mol. The van der Waals surface area contributed by atoms with Crippen molar-refractivity contribution in [2.45, 2.75) is 0 Å². The Kier molecular flexibility index (Phi) is 4.50. The van der Waals surface area contributed by atoms with Crippen LogP contribution in [0.5, 0.6) is 17.2 Å². The number of ketones is 1. The fourth-order valence-electron chi connectivity index (χ4n) is 1.77. The van der Waals surface area contributed by atoms with Crippen LogP contribution in [0.15, 0.2) is 42.5 Å². The molecule has 0 saturated carbocycles. The maximum atomic E-state index is 12.0. The summed E-state index contributed by atoms with van der Waals surface area (Å²) in [6.07, 6.45) is 2.90. The molecule has 21 heavy (non-hydrogen) atoms. The molecule has 0 radical (unpaired) electrons. The highest BCUT2D eigenvalue weighted by atomic mass is 35.5. The Morgan fingerprint density at radius 2 is 1.90 bits per heavy atom. The highest BCUT2D eigenvalue weighted by molar-refractivity contribution is 6.31. The van der Waals surface area contributed by atoms with Crippen LogP contribution in [0.4, 0.5) is 0 Å². The van der Waals surface area contributed by atoms with E-state index in [9.17, 15) is 15.0 Å². The van der Waals surface area contributed by atoms with E-state index in [2.05, 4.69) is 0 Å². The smallest absolute Gasteiger partial charge is 0.189 e. The molecule has 0 unspecified atom stereocenters. The van der Waals surface area contributed by atoms with Crippen molar-refractivity contribution in [3.8, 4) is 17.2 Å². The van der Waals surface area contributed by atoms with E-state index in [0.717, 1.165) is 0 Å². The molecule has 2 aromatic rings. The zero-order valence-electron chi connectivity index (χ0n) is 11.2. The van der Waals surface area contributed by atoms with Crippen LogP contribution in [0.2, 0.25) is 5.02 Å². The molecule has 108 valence electrons. The maximum absolute atomic E-state index is 12.0. The number of halogens is 1. The lowest BCUT2D eigenvalue weighted by Crippen LogP contribution is -1.94. The number of ether oxygens (including phenoxy) is 1. The van der Waals surface area contributed by atoms with E-state index in [-0.39, 0.29) is 22.8 Å². The summed E-state index contributed by atoms with van der Waals surface area (Å²) in [5.41, 5.74) is 0.854. The molecule has 5 heteroatoms. The van der Waals surface area contributed by atoms with E-state index >= 15 is 0 Å². The van der Waals surface area contributed by atoms with Gasteiger partial charge >= 0.3 is 0 Å². The van der Waals surface area contributed by atoms with Crippen LogP contribution >= 0.6 is 11.6 Å². The predicted molar refractivity (Wildman–Crippen MR) is 81.1 cm³/mol. The summed E-state index contributed by atoms with van der Waals surface area (Å²) in [5.74, 6) is -0.174. The van der Waals surface area contributed by atoms with E-state index in [0.29, 0.717) is 16.3 Å². The lowest BCUT2D eigenvalue weighted by atomic mass is 10.1. The third-order valence-electron chi connectivity index (χ3n) is 2.86. The summed E-state index contributed by atoms with van der Waals surface area (Å²) in [7, 11) is 1.44. The first-order valence-electron chi connectivity index (χ1n) is 6.09. The van der Waals surface area contributed by atoms with Crippen molar-refractivity contribution in [1.82, 2.24) is 0 Å². The van der Waals surface area contributed by atoms with Gasteiger partial charge in [-0.25, -0.2) is 0 Å². The number of methoxy groups -OCH3 is 1. The van der Waals surface area contributed by atoms with Crippen molar-refractivity contribution in [1.29, 1.82) is 0 Å². The van der Waals surface area contributed by atoms with Crippen LogP contribution in [0.1, 0.15) is 15.9 Å². The number of hydrogen-bond donors (Lipinski definition) is 2. The molecule has 0 aromatic heterocycles. The number of benzene rings is 2. The number of phenols is 2. The van der Waals surface area contributed by atoms with Crippen LogP contribution < -0.4 is 4.74 Å². The molecule has 0 aliphatic carbocycles. The largest absolute Gasteiger partial charge is 0.507 e. The fourth-order valence-corrected chi connectivity index (χ4v) is 1.94. The Morgan fingerprint density at radius 1 is 1.14 bits per heavy atom. The van der Waals surface area contributed by atoms with Gasteiger partial charge in [0.1, 0.15) is 5.75 Å². The Morgan fingerprint density at radius 3 is 2.57 bits per heavy atom. The molecule has 0 fully saturated rings. The highest BCUT2D eigenvalue weighted by Gasteiger charge is 2.08. The van der Waals surface area contributed by atoms with E-state index < -0.39 is 0 Å². The van der Waals surface area contributed by atoms with Crippen molar-refractivity contribution in [3.05, 3.63) is 58.6 Å². The molecule has 2 aromatic carbocycles. The molecule has 0 aliphatic rings. The second kappa shape index (κ2) is 6.33. The van der Waals surface area contributed by atoms with Crippen LogP contribution in [0, 0.1) is 0 Å². The van der Waals surface area contributed by atoms with Crippen molar-refractivity contribution in [2.24, 2.45) is 0 Å². The van der Waals surface area contributed by atoms with Crippen LogP contribution in [0.3, 0.4) is 0 Å². The van der Waals surface area contributed by atoms with Gasteiger partial charge in [-0.15, -0.1) is 0 Å². The van der Waals surface area contributed by atoms with E-state index in [1.54, 1.807) is 18.2 Å². The van der Waals surface area contributed by atoms with Crippen LogP contribution in [-0.2, 0) is 0 Å². The van der Waals surface area contributed by atoms with Gasteiger partial charge in [-0.3, -0.25) is 4.79 Å². The minimum absolute atomic E-state index is 0.0244. The zero-order valence-corrected chi connectivity index (χ0v) is 12.0. The van der Waals surface area contributed by atoms with Gasteiger partial charge in [0.05, 0.1) is 12.7 Å². The minimum atomic E-state index is -0.351. The van der Waals surface area contributed by atoms with Gasteiger partial charge in [-0.2, -0.15) is 0 Å². The first-order valence-corrected chi connectivity index (χ1v) is 6.47. The number of aromatic hydroxyl groups is 2. The molecule has 0 heterocycles. The average Bonchev–Trinajstić information content (AvgIpc) is 2.46. The van der Waals surface area contributed by atoms with Crippen molar-refractivity contribution in [3.63, 3.8) is 0 Å². The molecule has 0 spiro atoms. The Bertz CT molecular complexity index is 707. The van der Waals surface area contributed by atoms with Gasteiger partial charge in [0.15, 0.2) is 17.3 Å². The normalized spacial score (nSPS) is 10.8. The number of phenolic OH excluding ortho intramolecular Hbond substituents is 2. The molecule has 2 N–H and O–H groups in total. The number of allylic oxidation sites excluding steroid dienone is 1. The Balaban J connectivity index is 2.22. The summed E-state index contributed by atoms with van der Waals surface area (Å²) in [5, 5.41) is 19.5. The number of carbonyl (C=O) groups is 1. The SMILES string of the molecule is COc1cc(/C=C/C(=O)c2ccc(Cl)cc2O)ccc1O. The predicted octanol–water partition coefficient (Wildman–Crippen LogP) is 3.66. The number of hydrogen-bond acceptors (Lipinski definition) is 4. The third kappa shape index (κ3) is 3.55. The molecule has 0 atom stereocenters. The van der Waals surface area contributed by atoms with Gasteiger partial charge in [0.2, 0.25) is 0 Å². The zero-order chi connectivity index (χ0) is 15.4. The summed E-state index contributed by atoms with van der Waals surface area (Å²) in [6, 6.07) is 9.02.